The Balaban J connectivity index is 1.55. The van der Waals surface area contributed by atoms with Gasteiger partial charge < -0.3 is 5.32 Å². The first-order chi connectivity index (χ1) is 12.9. The van der Waals surface area contributed by atoms with Gasteiger partial charge in [0.15, 0.2) is 5.13 Å². The van der Waals surface area contributed by atoms with Crippen molar-refractivity contribution >= 4 is 55.7 Å². The standard InChI is InChI=1S/C19H22N4OS3/c1-9-5-6-13-14(7-9)27-18-16(13)17(21-12(4)22-18)25-8-15(24)23-19-20-10(2)11(3)26-19/h9H,5-8H2,1-4H3,(H,20,23,24). The zero-order chi connectivity index (χ0) is 19.1. The van der Waals surface area contributed by atoms with E-state index >= 15 is 0 Å². The number of hydrogen-bond donors (Lipinski definition) is 1. The average Bonchev–Trinajstić information content (AvgIpc) is 3.11. The van der Waals surface area contributed by atoms with Gasteiger partial charge in [0.05, 0.1) is 11.4 Å². The number of thiophene rings is 1. The van der Waals surface area contributed by atoms with Gasteiger partial charge in [-0.3, -0.25) is 4.79 Å². The van der Waals surface area contributed by atoms with E-state index in [1.54, 1.807) is 11.3 Å². The molecule has 3 aromatic heterocycles. The van der Waals surface area contributed by atoms with E-state index in [1.165, 1.54) is 45.3 Å². The van der Waals surface area contributed by atoms with Crippen LogP contribution in [0.5, 0.6) is 0 Å². The Hall–Kier alpha value is -1.51. The van der Waals surface area contributed by atoms with Gasteiger partial charge in [0.25, 0.3) is 0 Å². The van der Waals surface area contributed by atoms with Gasteiger partial charge in [-0.05, 0) is 51.5 Å². The van der Waals surface area contributed by atoms with E-state index < -0.39 is 0 Å². The molecule has 1 amide bonds. The number of carbonyl (C=O) groups is 1. The van der Waals surface area contributed by atoms with Crippen LogP contribution >= 0.6 is 34.4 Å². The third-order valence-corrected chi connectivity index (χ3v) is 7.96. The molecular formula is C19H22N4OS3. The van der Waals surface area contributed by atoms with E-state index in [9.17, 15) is 4.79 Å². The second-order valence-electron chi connectivity index (χ2n) is 7.11. The molecule has 0 bridgehead atoms. The molecule has 0 saturated heterocycles. The number of nitrogens with one attached hydrogen (secondary N) is 1. The van der Waals surface area contributed by atoms with E-state index in [4.69, 9.17) is 0 Å². The minimum atomic E-state index is -0.0455. The molecule has 1 atom stereocenters. The summed E-state index contributed by atoms with van der Waals surface area (Å²) in [7, 11) is 0. The zero-order valence-corrected chi connectivity index (χ0v) is 18.3. The monoisotopic (exact) mass is 418 g/mol. The van der Waals surface area contributed by atoms with Gasteiger partial charge in [-0.15, -0.1) is 22.7 Å². The highest BCUT2D eigenvalue weighted by molar-refractivity contribution is 8.00. The van der Waals surface area contributed by atoms with Crippen molar-refractivity contribution in [3.05, 3.63) is 26.8 Å². The number of aromatic nitrogens is 3. The summed E-state index contributed by atoms with van der Waals surface area (Å²) >= 11 is 4.81. The Morgan fingerprint density at radius 2 is 2.04 bits per heavy atom. The van der Waals surface area contributed by atoms with Crippen LogP contribution < -0.4 is 5.32 Å². The summed E-state index contributed by atoms with van der Waals surface area (Å²) in [6, 6.07) is 0. The predicted octanol–water partition coefficient (Wildman–Crippen LogP) is 4.93. The molecule has 3 aromatic rings. The molecule has 1 N–H and O–H groups in total. The first-order valence-corrected chi connectivity index (χ1v) is 11.7. The third kappa shape index (κ3) is 3.88. The Labute approximate surface area is 171 Å². The third-order valence-electron chi connectivity index (χ3n) is 4.85. The van der Waals surface area contributed by atoms with Crippen molar-refractivity contribution in [2.75, 3.05) is 11.1 Å². The Morgan fingerprint density at radius 3 is 2.78 bits per heavy atom. The number of nitrogens with zero attached hydrogens (tertiary/aromatic N) is 3. The van der Waals surface area contributed by atoms with Crippen LogP contribution in [0.15, 0.2) is 5.03 Å². The van der Waals surface area contributed by atoms with Gasteiger partial charge in [-0.25, -0.2) is 15.0 Å². The number of amides is 1. The molecule has 4 rings (SSSR count). The van der Waals surface area contributed by atoms with Crippen molar-refractivity contribution in [3.8, 4) is 0 Å². The minimum absolute atomic E-state index is 0.0455. The molecule has 0 fully saturated rings. The quantitative estimate of drug-likeness (QED) is 0.481. The van der Waals surface area contributed by atoms with Crippen LogP contribution in [-0.4, -0.2) is 26.6 Å². The molecule has 0 aliphatic heterocycles. The van der Waals surface area contributed by atoms with Gasteiger partial charge in [-0.1, -0.05) is 18.7 Å². The van der Waals surface area contributed by atoms with Crippen molar-refractivity contribution in [2.45, 2.75) is 52.0 Å². The van der Waals surface area contributed by atoms with Crippen molar-refractivity contribution < 1.29 is 4.79 Å². The number of hydrogen-bond acceptors (Lipinski definition) is 7. The highest BCUT2D eigenvalue weighted by Crippen LogP contribution is 2.40. The van der Waals surface area contributed by atoms with E-state index in [0.29, 0.717) is 10.9 Å². The van der Waals surface area contributed by atoms with Gasteiger partial charge in [-0.2, -0.15) is 0 Å². The first-order valence-electron chi connectivity index (χ1n) is 9.06. The fourth-order valence-electron chi connectivity index (χ4n) is 3.33. The van der Waals surface area contributed by atoms with E-state index in [0.717, 1.165) is 45.0 Å². The van der Waals surface area contributed by atoms with Crippen LogP contribution in [0, 0.1) is 26.7 Å². The first kappa shape index (κ1) is 18.8. The second kappa shape index (κ2) is 7.48. The summed E-state index contributed by atoms with van der Waals surface area (Å²) in [4.78, 5) is 29.7. The molecule has 3 heterocycles. The molecule has 0 spiro atoms. The number of fused-ring (bicyclic) bond motifs is 3. The molecule has 1 aliphatic rings. The lowest BCUT2D eigenvalue weighted by atomic mass is 9.89. The van der Waals surface area contributed by atoms with Crippen molar-refractivity contribution in [1.29, 1.82) is 0 Å². The maximum Gasteiger partial charge on any atom is 0.236 e. The highest BCUT2D eigenvalue weighted by atomic mass is 32.2. The summed E-state index contributed by atoms with van der Waals surface area (Å²) in [5.74, 6) is 1.77. The largest absolute Gasteiger partial charge is 0.301 e. The predicted molar refractivity (Wildman–Crippen MR) is 114 cm³/mol. The fraction of sp³-hybridized carbons (Fsp3) is 0.474. The summed E-state index contributed by atoms with van der Waals surface area (Å²) in [6.07, 6.45) is 3.42. The fourth-order valence-corrected chi connectivity index (χ4v) is 6.55. The number of aryl methyl sites for hydroxylation is 4. The average molecular weight is 419 g/mol. The molecular weight excluding hydrogens is 396 g/mol. The summed E-state index contributed by atoms with van der Waals surface area (Å²) in [5.41, 5.74) is 2.37. The normalized spacial score (nSPS) is 16.5. The van der Waals surface area contributed by atoms with Gasteiger partial charge >= 0.3 is 0 Å². The molecule has 0 saturated carbocycles. The lowest BCUT2D eigenvalue weighted by molar-refractivity contribution is -0.113. The van der Waals surface area contributed by atoms with Crippen molar-refractivity contribution in [3.63, 3.8) is 0 Å². The molecule has 1 aliphatic carbocycles. The molecule has 27 heavy (non-hydrogen) atoms. The van der Waals surface area contributed by atoms with E-state index in [1.807, 2.05) is 20.8 Å². The Bertz CT molecular complexity index is 1000. The zero-order valence-electron chi connectivity index (χ0n) is 15.9. The Kier molecular flexibility index (Phi) is 5.22. The summed E-state index contributed by atoms with van der Waals surface area (Å²) in [5, 5.41) is 5.68. The van der Waals surface area contributed by atoms with Crippen LogP contribution in [0.25, 0.3) is 10.2 Å². The molecule has 0 radical (unpaired) electrons. The number of rotatable bonds is 4. The van der Waals surface area contributed by atoms with E-state index in [-0.39, 0.29) is 5.91 Å². The van der Waals surface area contributed by atoms with Gasteiger partial charge in [0.2, 0.25) is 5.91 Å². The number of thioether (sulfide) groups is 1. The lowest BCUT2D eigenvalue weighted by Crippen LogP contribution is -2.14. The van der Waals surface area contributed by atoms with Crippen LogP contribution in [0.1, 0.15) is 40.2 Å². The molecule has 0 aromatic carbocycles. The Morgan fingerprint density at radius 1 is 1.22 bits per heavy atom. The van der Waals surface area contributed by atoms with Crippen molar-refractivity contribution in [2.24, 2.45) is 5.92 Å². The lowest BCUT2D eigenvalue weighted by Gasteiger charge is -2.18. The topological polar surface area (TPSA) is 67.8 Å². The summed E-state index contributed by atoms with van der Waals surface area (Å²) < 4.78 is 0. The highest BCUT2D eigenvalue weighted by Gasteiger charge is 2.24. The van der Waals surface area contributed by atoms with Crippen LogP contribution in [0.4, 0.5) is 5.13 Å². The van der Waals surface area contributed by atoms with Gasteiger partial charge in [0.1, 0.15) is 15.7 Å². The van der Waals surface area contributed by atoms with Crippen LogP contribution in [0.2, 0.25) is 0 Å². The van der Waals surface area contributed by atoms with Crippen molar-refractivity contribution in [1.82, 2.24) is 15.0 Å². The van der Waals surface area contributed by atoms with Crippen LogP contribution in [0.3, 0.4) is 0 Å². The van der Waals surface area contributed by atoms with Crippen LogP contribution in [-0.2, 0) is 17.6 Å². The number of thiazole rings is 1. The second-order valence-corrected chi connectivity index (χ2v) is 10.4. The molecule has 1 unspecified atom stereocenters. The molecule has 5 nitrogen and oxygen atoms in total. The smallest absolute Gasteiger partial charge is 0.236 e. The van der Waals surface area contributed by atoms with E-state index in [2.05, 4.69) is 27.2 Å². The molecule has 8 heteroatoms. The summed E-state index contributed by atoms with van der Waals surface area (Å²) in [6.45, 7) is 8.20. The number of carbonyl (C=O) groups excluding carboxylic acids is 1. The van der Waals surface area contributed by atoms with Gasteiger partial charge in [0, 0.05) is 15.1 Å². The number of anilines is 1. The minimum Gasteiger partial charge on any atom is -0.301 e. The molecule has 142 valence electrons. The SMILES string of the molecule is Cc1nc(SCC(=O)Nc2nc(C)c(C)s2)c2c3c(sc2n1)CC(C)CC3. The maximum absolute atomic E-state index is 12.4. The maximum atomic E-state index is 12.4.